The molecule has 0 saturated heterocycles. The van der Waals surface area contributed by atoms with E-state index in [0.717, 1.165) is 6.54 Å². The fourth-order valence-corrected chi connectivity index (χ4v) is 1.90. The second-order valence-corrected chi connectivity index (χ2v) is 4.20. The Hall–Kier alpha value is -0.760. The van der Waals surface area contributed by atoms with Gasteiger partial charge in [0.05, 0.1) is 12.5 Å². The molecule has 1 unspecified atom stereocenters. The lowest BCUT2D eigenvalue weighted by Crippen LogP contribution is -2.27. The second-order valence-electron chi connectivity index (χ2n) is 4.20. The van der Waals surface area contributed by atoms with E-state index in [9.17, 15) is 0 Å². The van der Waals surface area contributed by atoms with E-state index in [2.05, 4.69) is 25.2 Å². The van der Waals surface area contributed by atoms with E-state index in [-0.39, 0.29) is 0 Å². The van der Waals surface area contributed by atoms with Gasteiger partial charge >= 0.3 is 0 Å². The van der Waals surface area contributed by atoms with Crippen LogP contribution in [-0.2, 0) is 0 Å². The van der Waals surface area contributed by atoms with Crippen molar-refractivity contribution < 1.29 is 4.42 Å². The fourth-order valence-electron chi connectivity index (χ4n) is 1.90. The summed E-state index contributed by atoms with van der Waals surface area (Å²) in [5.41, 5.74) is 1.77. The summed E-state index contributed by atoms with van der Waals surface area (Å²) >= 11 is 0. The van der Waals surface area contributed by atoms with Gasteiger partial charge in [-0.1, -0.05) is 13.8 Å². The van der Waals surface area contributed by atoms with Crippen LogP contribution < -0.4 is 5.32 Å². The zero-order valence-electron chi connectivity index (χ0n) is 8.34. The zero-order chi connectivity index (χ0) is 9.31. The minimum Gasteiger partial charge on any atom is -0.472 e. The molecular weight excluding hydrogens is 162 g/mol. The molecule has 1 aromatic heterocycles. The Morgan fingerprint density at radius 1 is 1.62 bits per heavy atom. The Kier molecular flexibility index (Phi) is 2.16. The summed E-state index contributed by atoms with van der Waals surface area (Å²) in [5.74, 6) is 0. The van der Waals surface area contributed by atoms with E-state index in [1.807, 2.05) is 6.26 Å². The van der Waals surface area contributed by atoms with Crippen molar-refractivity contribution in [1.29, 1.82) is 0 Å². The average Bonchev–Trinajstić information content (AvgIpc) is 2.70. The summed E-state index contributed by atoms with van der Waals surface area (Å²) < 4.78 is 5.12. The van der Waals surface area contributed by atoms with Crippen LogP contribution in [0.1, 0.15) is 38.3 Å². The van der Waals surface area contributed by atoms with Crippen molar-refractivity contribution in [2.24, 2.45) is 5.41 Å². The third kappa shape index (κ3) is 1.63. The van der Waals surface area contributed by atoms with Gasteiger partial charge in [0, 0.05) is 11.6 Å². The predicted molar refractivity (Wildman–Crippen MR) is 52.5 cm³/mol. The maximum atomic E-state index is 5.12. The number of hydrogen-bond acceptors (Lipinski definition) is 2. The molecule has 1 fully saturated rings. The van der Waals surface area contributed by atoms with Gasteiger partial charge in [0.2, 0.25) is 0 Å². The van der Waals surface area contributed by atoms with Crippen LogP contribution in [0.25, 0.3) is 0 Å². The largest absolute Gasteiger partial charge is 0.472 e. The first-order chi connectivity index (χ1) is 6.26. The molecule has 1 saturated carbocycles. The molecular formula is C11H17NO. The SMILES string of the molecule is CCNC(c1ccoc1)C1(C)CC1. The van der Waals surface area contributed by atoms with Crippen LogP contribution in [0.3, 0.4) is 0 Å². The molecule has 0 amide bonds. The molecule has 1 aliphatic carbocycles. The molecule has 2 heteroatoms. The van der Waals surface area contributed by atoms with Crippen molar-refractivity contribution in [3.8, 4) is 0 Å². The topological polar surface area (TPSA) is 25.2 Å². The molecule has 1 aliphatic rings. The van der Waals surface area contributed by atoms with Gasteiger partial charge < -0.3 is 9.73 Å². The molecule has 0 radical (unpaired) electrons. The summed E-state index contributed by atoms with van der Waals surface area (Å²) in [5, 5.41) is 3.53. The van der Waals surface area contributed by atoms with Crippen LogP contribution >= 0.6 is 0 Å². The van der Waals surface area contributed by atoms with Gasteiger partial charge in [-0.3, -0.25) is 0 Å². The summed E-state index contributed by atoms with van der Waals surface area (Å²) in [6, 6.07) is 2.55. The third-order valence-corrected chi connectivity index (χ3v) is 3.02. The van der Waals surface area contributed by atoms with Crippen molar-refractivity contribution in [2.45, 2.75) is 32.7 Å². The van der Waals surface area contributed by atoms with E-state index in [1.165, 1.54) is 18.4 Å². The molecule has 2 rings (SSSR count). The van der Waals surface area contributed by atoms with Gasteiger partial charge in [0.15, 0.2) is 0 Å². The van der Waals surface area contributed by atoms with Crippen LogP contribution in [0.15, 0.2) is 23.0 Å². The Morgan fingerprint density at radius 3 is 2.85 bits per heavy atom. The smallest absolute Gasteiger partial charge is 0.0950 e. The van der Waals surface area contributed by atoms with E-state index >= 15 is 0 Å². The minimum atomic E-state index is 0.472. The predicted octanol–water partition coefficient (Wildman–Crippen LogP) is 2.73. The minimum absolute atomic E-state index is 0.472. The highest BCUT2D eigenvalue weighted by atomic mass is 16.3. The molecule has 1 N–H and O–H groups in total. The Bertz CT molecular complexity index is 262. The highest BCUT2D eigenvalue weighted by Gasteiger charge is 2.45. The molecule has 1 atom stereocenters. The number of furan rings is 1. The standard InChI is InChI=1S/C11H17NO/c1-3-12-10(11(2)5-6-11)9-4-7-13-8-9/h4,7-8,10,12H,3,5-6H2,1-2H3. The summed E-state index contributed by atoms with van der Waals surface area (Å²) in [6.07, 6.45) is 6.27. The lowest BCUT2D eigenvalue weighted by Gasteiger charge is -2.22. The van der Waals surface area contributed by atoms with Gasteiger partial charge in [0.1, 0.15) is 0 Å². The van der Waals surface area contributed by atoms with E-state index < -0.39 is 0 Å². The molecule has 0 aliphatic heterocycles. The van der Waals surface area contributed by atoms with Gasteiger partial charge in [-0.25, -0.2) is 0 Å². The lowest BCUT2D eigenvalue weighted by atomic mass is 9.94. The maximum Gasteiger partial charge on any atom is 0.0950 e. The van der Waals surface area contributed by atoms with E-state index in [1.54, 1.807) is 6.26 Å². The normalized spacial score (nSPS) is 21.4. The summed E-state index contributed by atoms with van der Waals surface area (Å²) in [6.45, 7) is 5.51. The first-order valence-corrected chi connectivity index (χ1v) is 5.02. The molecule has 2 nitrogen and oxygen atoms in total. The van der Waals surface area contributed by atoms with Crippen LogP contribution in [-0.4, -0.2) is 6.54 Å². The van der Waals surface area contributed by atoms with Gasteiger partial charge in [-0.05, 0) is 30.9 Å². The third-order valence-electron chi connectivity index (χ3n) is 3.02. The molecule has 0 aromatic carbocycles. The fraction of sp³-hybridized carbons (Fsp3) is 0.636. The number of hydrogen-bond donors (Lipinski definition) is 1. The maximum absolute atomic E-state index is 5.12. The quantitative estimate of drug-likeness (QED) is 0.768. The Balaban J connectivity index is 2.14. The van der Waals surface area contributed by atoms with Crippen molar-refractivity contribution in [1.82, 2.24) is 5.32 Å². The molecule has 1 aromatic rings. The average molecular weight is 179 g/mol. The number of rotatable bonds is 4. The summed E-state index contributed by atoms with van der Waals surface area (Å²) in [7, 11) is 0. The molecule has 1 heterocycles. The highest BCUT2D eigenvalue weighted by molar-refractivity contribution is 5.18. The molecule has 0 bridgehead atoms. The van der Waals surface area contributed by atoms with E-state index in [0.29, 0.717) is 11.5 Å². The first kappa shape index (κ1) is 8.82. The Morgan fingerprint density at radius 2 is 2.38 bits per heavy atom. The Labute approximate surface area is 79.3 Å². The zero-order valence-corrected chi connectivity index (χ0v) is 8.34. The van der Waals surface area contributed by atoms with Crippen molar-refractivity contribution in [3.63, 3.8) is 0 Å². The van der Waals surface area contributed by atoms with Crippen LogP contribution in [0, 0.1) is 5.41 Å². The van der Waals surface area contributed by atoms with Gasteiger partial charge in [0.25, 0.3) is 0 Å². The van der Waals surface area contributed by atoms with Crippen molar-refractivity contribution in [3.05, 3.63) is 24.2 Å². The molecule has 13 heavy (non-hydrogen) atoms. The van der Waals surface area contributed by atoms with Gasteiger partial charge in [-0.15, -0.1) is 0 Å². The molecule has 0 spiro atoms. The monoisotopic (exact) mass is 179 g/mol. The first-order valence-electron chi connectivity index (χ1n) is 5.02. The second kappa shape index (κ2) is 3.18. The number of nitrogens with one attached hydrogen (secondary N) is 1. The van der Waals surface area contributed by atoms with E-state index in [4.69, 9.17) is 4.42 Å². The highest BCUT2D eigenvalue weighted by Crippen LogP contribution is 2.54. The molecule has 72 valence electrons. The van der Waals surface area contributed by atoms with Crippen LogP contribution in [0.2, 0.25) is 0 Å². The summed E-state index contributed by atoms with van der Waals surface area (Å²) in [4.78, 5) is 0. The van der Waals surface area contributed by atoms with Gasteiger partial charge in [-0.2, -0.15) is 0 Å². The van der Waals surface area contributed by atoms with Crippen LogP contribution in [0.5, 0.6) is 0 Å². The van der Waals surface area contributed by atoms with Crippen LogP contribution in [0.4, 0.5) is 0 Å². The van der Waals surface area contributed by atoms with Crippen molar-refractivity contribution in [2.75, 3.05) is 6.54 Å². The van der Waals surface area contributed by atoms with Crippen molar-refractivity contribution >= 4 is 0 Å². The lowest BCUT2D eigenvalue weighted by molar-refractivity contribution is 0.370.